The highest BCUT2D eigenvalue weighted by molar-refractivity contribution is 7.92. The van der Waals surface area contributed by atoms with Gasteiger partial charge < -0.3 is 5.11 Å². The third-order valence-corrected chi connectivity index (χ3v) is 3.79. The first kappa shape index (κ1) is 14.9. The number of anilines is 1. The van der Waals surface area contributed by atoms with Gasteiger partial charge in [0.05, 0.1) is 17.4 Å². The van der Waals surface area contributed by atoms with E-state index in [-0.39, 0.29) is 5.69 Å². The van der Waals surface area contributed by atoms with E-state index in [1.165, 1.54) is 0 Å². The number of carboxylic acids is 1. The summed E-state index contributed by atoms with van der Waals surface area (Å²) >= 11 is 0. The van der Waals surface area contributed by atoms with Gasteiger partial charge in [-0.15, -0.1) is 0 Å². The lowest BCUT2D eigenvalue weighted by molar-refractivity contribution is 0.0692. The molecule has 0 aliphatic carbocycles. The second-order valence-corrected chi connectivity index (χ2v) is 5.63. The smallest absolute Gasteiger partial charge is 0.338 e. The number of halogens is 2. The molecule has 1 aromatic carbocycles. The summed E-state index contributed by atoms with van der Waals surface area (Å²) < 4.78 is 52.3. The Hall–Kier alpha value is -2.55. The molecule has 0 saturated heterocycles. The van der Waals surface area contributed by atoms with E-state index < -0.39 is 38.1 Å². The zero-order valence-corrected chi connectivity index (χ0v) is 11.1. The predicted octanol–water partition coefficient (Wildman–Crippen LogP) is 1.86. The average molecular weight is 314 g/mol. The fourth-order valence-corrected chi connectivity index (χ4v) is 2.53. The molecule has 2 aromatic rings. The topological polar surface area (TPSA) is 96.4 Å². The van der Waals surface area contributed by atoms with Crippen LogP contribution in [0.2, 0.25) is 0 Å². The molecule has 0 bridgehead atoms. The van der Waals surface area contributed by atoms with Crippen molar-refractivity contribution < 1.29 is 27.1 Å². The number of carboxylic acid groups (broad SMARTS) is 1. The van der Waals surface area contributed by atoms with Crippen molar-refractivity contribution in [3.63, 3.8) is 0 Å². The molecule has 0 aliphatic rings. The number of pyridine rings is 1. The van der Waals surface area contributed by atoms with Gasteiger partial charge in [0.1, 0.15) is 16.5 Å². The van der Waals surface area contributed by atoms with Crippen LogP contribution in [0.3, 0.4) is 0 Å². The summed E-state index contributed by atoms with van der Waals surface area (Å²) in [5, 5.41) is 8.67. The Morgan fingerprint density at radius 2 is 1.90 bits per heavy atom. The minimum Gasteiger partial charge on any atom is -0.478 e. The van der Waals surface area contributed by atoms with Gasteiger partial charge in [-0.25, -0.2) is 22.0 Å². The van der Waals surface area contributed by atoms with Gasteiger partial charge in [0.15, 0.2) is 0 Å². The highest BCUT2D eigenvalue weighted by atomic mass is 32.2. The van der Waals surface area contributed by atoms with Crippen LogP contribution in [-0.2, 0) is 10.0 Å². The number of aromatic nitrogens is 1. The molecule has 0 amide bonds. The number of nitrogens with zero attached hydrogens (tertiary/aromatic N) is 1. The first-order chi connectivity index (χ1) is 9.79. The van der Waals surface area contributed by atoms with Gasteiger partial charge in [-0.3, -0.25) is 9.71 Å². The van der Waals surface area contributed by atoms with Crippen molar-refractivity contribution in [2.75, 3.05) is 4.72 Å². The van der Waals surface area contributed by atoms with E-state index in [9.17, 15) is 22.0 Å². The van der Waals surface area contributed by atoms with Gasteiger partial charge in [0, 0.05) is 6.20 Å². The Morgan fingerprint density at radius 3 is 2.48 bits per heavy atom. The molecule has 0 saturated carbocycles. The Kier molecular flexibility index (Phi) is 3.85. The van der Waals surface area contributed by atoms with Crippen molar-refractivity contribution in [2.45, 2.75) is 4.90 Å². The molecule has 110 valence electrons. The van der Waals surface area contributed by atoms with Crippen molar-refractivity contribution in [1.82, 2.24) is 4.98 Å². The number of carbonyl (C=O) groups is 1. The summed E-state index contributed by atoms with van der Waals surface area (Å²) in [5.41, 5.74) is -0.785. The van der Waals surface area contributed by atoms with Gasteiger partial charge in [-0.2, -0.15) is 0 Å². The number of hydrogen-bond donors (Lipinski definition) is 2. The first-order valence-corrected chi connectivity index (χ1v) is 6.94. The summed E-state index contributed by atoms with van der Waals surface area (Å²) in [6.45, 7) is 0. The molecule has 9 heteroatoms. The largest absolute Gasteiger partial charge is 0.478 e. The minimum absolute atomic E-state index is 0.193. The quantitative estimate of drug-likeness (QED) is 0.898. The van der Waals surface area contributed by atoms with Crippen LogP contribution in [0, 0.1) is 11.6 Å². The zero-order chi connectivity index (χ0) is 15.6. The normalized spacial score (nSPS) is 11.1. The fourth-order valence-electron chi connectivity index (χ4n) is 1.51. The molecule has 0 fully saturated rings. The lowest BCUT2D eigenvalue weighted by Crippen LogP contribution is -2.14. The van der Waals surface area contributed by atoms with E-state index in [2.05, 4.69) is 4.98 Å². The summed E-state index contributed by atoms with van der Waals surface area (Å²) in [4.78, 5) is 13.6. The predicted molar refractivity (Wildman–Crippen MR) is 68.4 cm³/mol. The fraction of sp³-hybridized carbons (Fsp3) is 0. The molecule has 1 heterocycles. The average Bonchev–Trinajstić information content (AvgIpc) is 2.37. The molecule has 0 unspecified atom stereocenters. The van der Waals surface area contributed by atoms with Crippen LogP contribution in [0.1, 0.15) is 10.4 Å². The van der Waals surface area contributed by atoms with Gasteiger partial charge in [-0.05, 0) is 24.3 Å². The van der Waals surface area contributed by atoms with Crippen molar-refractivity contribution in [3.8, 4) is 0 Å². The third-order valence-electron chi connectivity index (χ3n) is 2.44. The Labute approximate surface area is 118 Å². The van der Waals surface area contributed by atoms with Crippen molar-refractivity contribution in [3.05, 3.63) is 53.9 Å². The lowest BCUT2D eigenvalue weighted by Gasteiger charge is -2.08. The molecule has 2 N–H and O–H groups in total. The first-order valence-electron chi connectivity index (χ1n) is 5.46. The summed E-state index contributed by atoms with van der Waals surface area (Å²) in [5.74, 6) is -3.42. The highest BCUT2D eigenvalue weighted by Crippen LogP contribution is 2.19. The van der Waals surface area contributed by atoms with E-state index in [1.54, 1.807) is 0 Å². The van der Waals surface area contributed by atoms with Gasteiger partial charge in [0.2, 0.25) is 0 Å². The Balaban J connectivity index is 2.33. The molecule has 0 atom stereocenters. The molecule has 0 aliphatic heterocycles. The lowest BCUT2D eigenvalue weighted by atomic mass is 10.2. The van der Waals surface area contributed by atoms with Gasteiger partial charge in [0.25, 0.3) is 10.0 Å². The Bertz CT molecular complexity index is 809. The van der Waals surface area contributed by atoms with E-state index >= 15 is 0 Å². The number of benzene rings is 1. The maximum Gasteiger partial charge on any atom is 0.338 e. The molecular formula is C12H8F2N2O4S. The molecule has 0 spiro atoms. The van der Waals surface area contributed by atoms with Crippen LogP contribution in [0.15, 0.2) is 41.6 Å². The molecule has 2 rings (SSSR count). The molecule has 6 nitrogen and oxygen atoms in total. The zero-order valence-electron chi connectivity index (χ0n) is 10.2. The van der Waals surface area contributed by atoms with E-state index in [4.69, 9.17) is 5.11 Å². The number of rotatable bonds is 4. The van der Waals surface area contributed by atoms with E-state index in [1.807, 2.05) is 4.72 Å². The van der Waals surface area contributed by atoms with Crippen LogP contribution in [-0.4, -0.2) is 24.5 Å². The molecular weight excluding hydrogens is 306 g/mol. The van der Waals surface area contributed by atoms with Gasteiger partial charge >= 0.3 is 5.97 Å². The highest BCUT2D eigenvalue weighted by Gasteiger charge is 2.17. The van der Waals surface area contributed by atoms with Crippen LogP contribution in [0.5, 0.6) is 0 Å². The summed E-state index contributed by atoms with van der Waals surface area (Å²) in [6, 6.07) is 3.46. The molecule has 21 heavy (non-hydrogen) atoms. The van der Waals surface area contributed by atoms with Crippen molar-refractivity contribution in [2.24, 2.45) is 0 Å². The summed E-state index contributed by atoms with van der Waals surface area (Å²) in [7, 11) is -4.15. The number of aromatic carboxylic acids is 1. The number of hydrogen-bond acceptors (Lipinski definition) is 4. The van der Waals surface area contributed by atoms with Crippen LogP contribution < -0.4 is 4.72 Å². The summed E-state index contributed by atoms with van der Waals surface area (Å²) in [6.07, 6.45) is 1.76. The monoisotopic (exact) mass is 314 g/mol. The SMILES string of the molecule is O=C(O)c1ccc(NS(=O)(=O)c2cncc(F)c2)cc1F. The maximum atomic E-state index is 13.5. The third kappa shape index (κ3) is 3.31. The second kappa shape index (κ2) is 5.44. The van der Waals surface area contributed by atoms with Crippen LogP contribution in [0.4, 0.5) is 14.5 Å². The molecule has 1 aromatic heterocycles. The van der Waals surface area contributed by atoms with Crippen LogP contribution in [0.25, 0.3) is 0 Å². The van der Waals surface area contributed by atoms with Crippen molar-refractivity contribution in [1.29, 1.82) is 0 Å². The maximum absolute atomic E-state index is 13.5. The minimum atomic E-state index is -4.15. The van der Waals surface area contributed by atoms with Gasteiger partial charge in [-0.1, -0.05) is 0 Å². The Morgan fingerprint density at radius 1 is 1.19 bits per heavy atom. The van der Waals surface area contributed by atoms with Crippen molar-refractivity contribution >= 4 is 21.7 Å². The van der Waals surface area contributed by atoms with E-state index in [0.717, 1.165) is 30.6 Å². The number of sulfonamides is 1. The second-order valence-electron chi connectivity index (χ2n) is 3.94. The van der Waals surface area contributed by atoms with E-state index in [0.29, 0.717) is 6.07 Å². The molecule has 0 radical (unpaired) electrons. The number of nitrogens with one attached hydrogen (secondary N) is 1. The van der Waals surface area contributed by atoms with Crippen LogP contribution >= 0.6 is 0 Å². The standard InChI is InChI=1S/C12H8F2N2O4S/c13-7-3-9(6-15-5-7)21(19,20)16-8-1-2-10(12(17)18)11(14)4-8/h1-6,16H,(H,17,18).